The van der Waals surface area contributed by atoms with Crippen LogP contribution in [0, 0.1) is 5.82 Å². The van der Waals surface area contributed by atoms with Gasteiger partial charge in [0.1, 0.15) is 30.0 Å². The van der Waals surface area contributed by atoms with Crippen molar-refractivity contribution in [3.8, 4) is 11.5 Å². The molecule has 1 saturated heterocycles. The van der Waals surface area contributed by atoms with Gasteiger partial charge < -0.3 is 28.6 Å². The zero-order valence-electron chi connectivity index (χ0n) is 21.7. The molecule has 1 amide bonds. The van der Waals surface area contributed by atoms with E-state index in [2.05, 4.69) is 0 Å². The van der Waals surface area contributed by atoms with Crippen molar-refractivity contribution >= 4 is 6.09 Å². The van der Waals surface area contributed by atoms with Crippen LogP contribution in [0.25, 0.3) is 0 Å². The minimum Gasteiger partial charge on any atom is -0.491 e. The monoisotopic (exact) mass is 521 g/mol. The van der Waals surface area contributed by atoms with E-state index in [4.69, 9.17) is 23.7 Å². The average molecular weight is 522 g/mol. The second kappa shape index (κ2) is 11.4. The number of ether oxygens (including phenoxy) is 5. The van der Waals surface area contributed by atoms with Gasteiger partial charge in [0.05, 0.1) is 26.4 Å². The van der Waals surface area contributed by atoms with Crippen molar-refractivity contribution in [2.75, 3.05) is 26.3 Å². The van der Waals surface area contributed by atoms with Gasteiger partial charge >= 0.3 is 6.09 Å². The second-order valence-electron chi connectivity index (χ2n) is 9.90. The molecule has 5 rings (SSSR count). The van der Waals surface area contributed by atoms with Crippen molar-refractivity contribution in [1.82, 2.24) is 4.90 Å². The third-order valence-electron chi connectivity index (χ3n) is 6.52. The van der Waals surface area contributed by atoms with Gasteiger partial charge in [-0.15, -0.1) is 0 Å². The first-order valence-electron chi connectivity index (χ1n) is 12.8. The summed E-state index contributed by atoms with van der Waals surface area (Å²) in [4.78, 5) is 14.2. The number of hydrogen-bond donors (Lipinski definition) is 0. The van der Waals surface area contributed by atoms with Crippen molar-refractivity contribution in [2.45, 2.75) is 45.4 Å². The van der Waals surface area contributed by atoms with Crippen LogP contribution in [0.4, 0.5) is 9.18 Å². The van der Waals surface area contributed by atoms with Crippen molar-refractivity contribution in [3.63, 3.8) is 0 Å². The van der Waals surface area contributed by atoms with E-state index in [0.29, 0.717) is 45.9 Å². The summed E-state index contributed by atoms with van der Waals surface area (Å²) in [6, 6.07) is 20.0. The van der Waals surface area contributed by atoms with Crippen LogP contribution in [-0.2, 0) is 33.8 Å². The maximum absolute atomic E-state index is 13.2. The number of fused-ring (bicyclic) bond motifs is 1. The molecule has 0 N–H and O–H groups in total. The van der Waals surface area contributed by atoms with Crippen molar-refractivity contribution in [1.29, 1.82) is 0 Å². The molecular weight excluding hydrogens is 489 g/mol. The summed E-state index contributed by atoms with van der Waals surface area (Å²) >= 11 is 0. The van der Waals surface area contributed by atoms with Gasteiger partial charge in [0.25, 0.3) is 0 Å². The van der Waals surface area contributed by atoms with Crippen LogP contribution in [0.5, 0.6) is 11.5 Å². The van der Waals surface area contributed by atoms with Crippen molar-refractivity contribution in [2.24, 2.45) is 0 Å². The molecule has 0 aliphatic carbocycles. The summed E-state index contributed by atoms with van der Waals surface area (Å²) in [5.41, 5.74) is 3.78. The highest BCUT2D eigenvalue weighted by Gasteiger charge is 2.33. The Morgan fingerprint density at radius 3 is 2.68 bits per heavy atom. The Labute approximate surface area is 222 Å². The van der Waals surface area contributed by atoms with Crippen LogP contribution in [0.3, 0.4) is 0 Å². The topological polar surface area (TPSA) is 66.5 Å². The molecule has 0 spiro atoms. The summed E-state index contributed by atoms with van der Waals surface area (Å²) in [7, 11) is 0. The molecule has 200 valence electrons. The first kappa shape index (κ1) is 26.0. The van der Waals surface area contributed by atoms with Crippen LogP contribution in [0.15, 0.2) is 66.7 Å². The Kier molecular flexibility index (Phi) is 7.81. The summed E-state index contributed by atoms with van der Waals surface area (Å²) < 4.78 is 41.7. The molecule has 2 aliphatic rings. The Hall–Kier alpha value is -3.62. The molecule has 0 saturated carbocycles. The van der Waals surface area contributed by atoms with E-state index in [1.54, 1.807) is 11.0 Å². The molecule has 3 aromatic carbocycles. The van der Waals surface area contributed by atoms with Gasteiger partial charge in [0, 0.05) is 26.0 Å². The maximum atomic E-state index is 13.2. The minimum atomic E-state index is -0.644. The number of benzene rings is 3. The maximum Gasteiger partial charge on any atom is 0.410 e. The predicted octanol–water partition coefficient (Wildman–Crippen LogP) is 5.80. The summed E-state index contributed by atoms with van der Waals surface area (Å²) in [5.74, 6) is 0.631. The molecule has 3 aromatic rings. The highest BCUT2D eigenvalue weighted by Crippen LogP contribution is 2.35. The molecular formula is C30H32FNO6. The number of rotatable bonds is 10. The molecule has 7 nitrogen and oxygen atoms in total. The smallest absolute Gasteiger partial charge is 0.410 e. The van der Waals surface area contributed by atoms with E-state index in [9.17, 15) is 9.18 Å². The van der Waals surface area contributed by atoms with Crippen molar-refractivity contribution < 1.29 is 32.9 Å². The van der Waals surface area contributed by atoms with Gasteiger partial charge in [0.2, 0.25) is 5.79 Å². The molecule has 2 aliphatic heterocycles. The van der Waals surface area contributed by atoms with Gasteiger partial charge in [-0.2, -0.15) is 0 Å². The Morgan fingerprint density at radius 2 is 1.87 bits per heavy atom. The first-order valence-corrected chi connectivity index (χ1v) is 12.8. The fourth-order valence-electron chi connectivity index (χ4n) is 4.47. The molecule has 38 heavy (non-hydrogen) atoms. The quantitative estimate of drug-likeness (QED) is 0.314. The van der Waals surface area contributed by atoms with Gasteiger partial charge in [-0.1, -0.05) is 30.3 Å². The average Bonchev–Trinajstić information content (AvgIpc) is 3.27. The molecule has 1 fully saturated rings. The molecule has 0 radical (unpaired) electrons. The lowest BCUT2D eigenvalue weighted by molar-refractivity contribution is -0.180. The molecule has 1 atom stereocenters. The number of carbonyl (C=O) groups is 1. The Morgan fingerprint density at radius 1 is 1.03 bits per heavy atom. The van der Waals surface area contributed by atoms with Gasteiger partial charge in [0.15, 0.2) is 0 Å². The number of amides is 1. The van der Waals surface area contributed by atoms with E-state index < -0.39 is 5.79 Å². The van der Waals surface area contributed by atoms with Crippen LogP contribution in [0.1, 0.15) is 42.2 Å². The van der Waals surface area contributed by atoms with Crippen LogP contribution < -0.4 is 9.47 Å². The third-order valence-corrected chi connectivity index (χ3v) is 6.52. The van der Waals surface area contributed by atoms with Crippen LogP contribution >= 0.6 is 0 Å². The van der Waals surface area contributed by atoms with E-state index in [1.807, 2.05) is 62.4 Å². The third kappa shape index (κ3) is 6.62. The number of halogens is 1. The van der Waals surface area contributed by atoms with Crippen molar-refractivity contribution in [3.05, 3.63) is 94.8 Å². The molecule has 8 heteroatoms. The SMILES string of the molecule is CC1(C)OCc2cc([C@@H]3CN(CCc4ccc(OCCOCc5cccc(F)c5)cc4)C(=O)O3)ccc2O1. The zero-order chi connectivity index (χ0) is 26.5. The highest BCUT2D eigenvalue weighted by molar-refractivity contribution is 5.70. The molecule has 0 bridgehead atoms. The van der Waals surface area contributed by atoms with E-state index in [1.165, 1.54) is 12.1 Å². The van der Waals surface area contributed by atoms with Crippen LogP contribution in [-0.4, -0.2) is 43.1 Å². The van der Waals surface area contributed by atoms with Gasteiger partial charge in [-0.25, -0.2) is 9.18 Å². The molecule has 2 heterocycles. The summed E-state index contributed by atoms with van der Waals surface area (Å²) in [6.45, 7) is 6.43. The molecule has 0 aromatic heterocycles. The number of nitrogens with zero attached hydrogens (tertiary/aromatic N) is 1. The number of hydrogen-bond acceptors (Lipinski definition) is 6. The first-order chi connectivity index (χ1) is 18.3. The van der Waals surface area contributed by atoms with Crippen LogP contribution in [0.2, 0.25) is 0 Å². The summed E-state index contributed by atoms with van der Waals surface area (Å²) in [6.07, 6.45) is 0.0842. The van der Waals surface area contributed by atoms with Gasteiger partial charge in [-0.05, 0) is 59.5 Å². The fraction of sp³-hybridized carbons (Fsp3) is 0.367. The predicted molar refractivity (Wildman–Crippen MR) is 138 cm³/mol. The fourth-order valence-corrected chi connectivity index (χ4v) is 4.47. The van der Waals surface area contributed by atoms with Gasteiger partial charge in [-0.3, -0.25) is 0 Å². The lowest BCUT2D eigenvalue weighted by Crippen LogP contribution is -2.35. The minimum absolute atomic E-state index is 0.270. The van der Waals surface area contributed by atoms with E-state index in [0.717, 1.165) is 33.8 Å². The lowest BCUT2D eigenvalue weighted by Gasteiger charge is -2.32. The number of cyclic esters (lactones) is 1. The normalized spacial score (nSPS) is 18.0. The Bertz CT molecular complexity index is 1260. The highest BCUT2D eigenvalue weighted by atomic mass is 19.1. The second-order valence-corrected chi connectivity index (χ2v) is 9.90. The van der Waals surface area contributed by atoms with E-state index in [-0.39, 0.29) is 18.0 Å². The van der Waals surface area contributed by atoms with E-state index >= 15 is 0 Å². The lowest BCUT2D eigenvalue weighted by atomic mass is 10.0. The standard InChI is InChI=1S/C30H32FNO6/c1-30(2)36-20-24-17-23(8-11-27(24)38-30)28-18-32(29(33)37-28)13-12-21-6-9-26(10-7-21)35-15-14-34-19-22-4-3-5-25(31)16-22/h3-11,16-17,28H,12-15,18-20H2,1-2H3/t28-/m0/s1. The summed E-state index contributed by atoms with van der Waals surface area (Å²) in [5, 5.41) is 0. The largest absolute Gasteiger partial charge is 0.491 e. The number of carbonyl (C=O) groups excluding carboxylic acids is 1. The molecule has 0 unspecified atom stereocenters. The zero-order valence-corrected chi connectivity index (χ0v) is 21.7. The Balaban J connectivity index is 1.05.